The Bertz CT molecular complexity index is 417. The van der Waals surface area contributed by atoms with E-state index in [2.05, 4.69) is 31.2 Å². The summed E-state index contributed by atoms with van der Waals surface area (Å²) >= 11 is 0. The Hall–Kier alpha value is -1.76. The number of rotatable bonds is 4. The standard InChI is InChI=1S/C15H15O/c1-2-12-16-15-10-8-14(9-11-15)13-6-4-3-5-7-13/h3-12H,2H2,1H3. The molecule has 0 atom stereocenters. The van der Waals surface area contributed by atoms with Gasteiger partial charge in [0.15, 0.2) is 0 Å². The molecule has 16 heavy (non-hydrogen) atoms. The summed E-state index contributed by atoms with van der Waals surface area (Å²) in [4.78, 5) is 0. The van der Waals surface area contributed by atoms with Crippen LogP contribution in [-0.4, -0.2) is 0 Å². The van der Waals surface area contributed by atoms with Crippen molar-refractivity contribution in [2.75, 3.05) is 0 Å². The van der Waals surface area contributed by atoms with Crippen molar-refractivity contribution in [2.24, 2.45) is 0 Å². The Kier molecular flexibility index (Phi) is 3.60. The fourth-order valence-electron chi connectivity index (χ4n) is 1.54. The molecule has 2 aromatic rings. The van der Waals surface area contributed by atoms with Crippen LogP contribution in [0.15, 0.2) is 54.6 Å². The van der Waals surface area contributed by atoms with Crippen molar-refractivity contribution in [3.05, 3.63) is 61.2 Å². The van der Waals surface area contributed by atoms with Gasteiger partial charge >= 0.3 is 0 Å². The quantitative estimate of drug-likeness (QED) is 0.732. The zero-order valence-electron chi connectivity index (χ0n) is 9.39. The van der Waals surface area contributed by atoms with E-state index in [0.29, 0.717) is 0 Å². The van der Waals surface area contributed by atoms with Crippen LogP contribution in [-0.2, 0) is 0 Å². The molecule has 0 saturated heterocycles. The molecule has 1 radical (unpaired) electrons. The predicted octanol–water partition coefficient (Wildman–Crippen LogP) is 4.30. The van der Waals surface area contributed by atoms with Gasteiger partial charge in [-0.05, 0) is 29.7 Å². The van der Waals surface area contributed by atoms with E-state index in [-0.39, 0.29) is 0 Å². The zero-order valence-corrected chi connectivity index (χ0v) is 9.39. The van der Waals surface area contributed by atoms with Crippen molar-refractivity contribution in [1.29, 1.82) is 0 Å². The van der Waals surface area contributed by atoms with E-state index in [1.165, 1.54) is 11.1 Å². The highest BCUT2D eigenvalue weighted by Crippen LogP contribution is 2.22. The minimum absolute atomic E-state index is 0.890. The summed E-state index contributed by atoms with van der Waals surface area (Å²) in [5.74, 6) is 0.890. The van der Waals surface area contributed by atoms with Gasteiger partial charge in [0, 0.05) is 0 Å². The third kappa shape index (κ3) is 2.63. The number of benzene rings is 2. The number of hydrogen-bond acceptors (Lipinski definition) is 1. The van der Waals surface area contributed by atoms with Crippen LogP contribution >= 0.6 is 0 Å². The van der Waals surface area contributed by atoms with Gasteiger partial charge in [-0.1, -0.05) is 49.4 Å². The predicted molar refractivity (Wildman–Crippen MR) is 67.1 cm³/mol. The van der Waals surface area contributed by atoms with Crippen LogP contribution in [0.4, 0.5) is 0 Å². The summed E-state index contributed by atoms with van der Waals surface area (Å²) in [7, 11) is 0. The summed E-state index contributed by atoms with van der Waals surface area (Å²) in [6.45, 7) is 3.86. The molecule has 0 aromatic heterocycles. The molecule has 0 heterocycles. The molecule has 0 spiro atoms. The topological polar surface area (TPSA) is 9.23 Å². The van der Waals surface area contributed by atoms with E-state index in [9.17, 15) is 0 Å². The van der Waals surface area contributed by atoms with Crippen LogP contribution in [0.2, 0.25) is 0 Å². The Balaban J connectivity index is 2.13. The van der Waals surface area contributed by atoms with Crippen LogP contribution in [0.1, 0.15) is 13.3 Å². The van der Waals surface area contributed by atoms with Gasteiger partial charge < -0.3 is 4.74 Å². The molecule has 0 unspecified atom stereocenters. The third-order valence-corrected chi connectivity index (χ3v) is 2.35. The molecule has 0 aliphatic heterocycles. The minimum atomic E-state index is 0.890. The smallest absolute Gasteiger partial charge is 0.135 e. The molecule has 0 aliphatic rings. The van der Waals surface area contributed by atoms with Crippen molar-refractivity contribution in [3.8, 4) is 16.9 Å². The first kappa shape index (κ1) is 10.7. The summed E-state index contributed by atoms with van der Waals surface area (Å²) < 4.78 is 5.42. The van der Waals surface area contributed by atoms with E-state index in [4.69, 9.17) is 4.74 Å². The average Bonchev–Trinajstić information content (AvgIpc) is 2.38. The molecular weight excluding hydrogens is 196 g/mol. The van der Waals surface area contributed by atoms with E-state index in [1.807, 2.05) is 30.3 Å². The van der Waals surface area contributed by atoms with Crippen LogP contribution in [0, 0.1) is 6.61 Å². The maximum absolute atomic E-state index is 5.42. The summed E-state index contributed by atoms with van der Waals surface area (Å²) in [5.41, 5.74) is 2.44. The Labute approximate surface area is 96.7 Å². The van der Waals surface area contributed by atoms with Crippen LogP contribution in [0.3, 0.4) is 0 Å². The molecule has 0 N–H and O–H groups in total. The first-order chi connectivity index (χ1) is 7.90. The highest BCUT2D eigenvalue weighted by Gasteiger charge is 1.97. The lowest BCUT2D eigenvalue weighted by Crippen LogP contribution is -1.87. The van der Waals surface area contributed by atoms with Gasteiger partial charge in [-0.15, -0.1) is 0 Å². The van der Waals surface area contributed by atoms with Crippen LogP contribution < -0.4 is 4.74 Å². The lowest BCUT2D eigenvalue weighted by molar-refractivity contribution is 0.397. The lowest BCUT2D eigenvalue weighted by Gasteiger charge is -2.05. The largest absolute Gasteiger partial charge is 0.487 e. The van der Waals surface area contributed by atoms with Gasteiger partial charge in [-0.2, -0.15) is 0 Å². The lowest BCUT2D eigenvalue weighted by atomic mass is 10.1. The van der Waals surface area contributed by atoms with E-state index in [0.717, 1.165) is 12.2 Å². The number of ether oxygens (including phenoxy) is 1. The van der Waals surface area contributed by atoms with Crippen molar-refractivity contribution < 1.29 is 4.74 Å². The maximum Gasteiger partial charge on any atom is 0.135 e. The van der Waals surface area contributed by atoms with Crippen LogP contribution in [0.25, 0.3) is 11.1 Å². The fourth-order valence-corrected chi connectivity index (χ4v) is 1.54. The van der Waals surface area contributed by atoms with E-state index >= 15 is 0 Å². The molecule has 0 aliphatic carbocycles. The second kappa shape index (κ2) is 5.36. The molecule has 0 fully saturated rings. The van der Waals surface area contributed by atoms with Gasteiger partial charge in [-0.3, -0.25) is 0 Å². The van der Waals surface area contributed by atoms with Gasteiger partial charge in [0.1, 0.15) is 12.4 Å². The average molecular weight is 211 g/mol. The SMILES string of the molecule is CC[CH]Oc1ccc(-c2ccccc2)cc1. The Morgan fingerprint density at radius 2 is 1.50 bits per heavy atom. The highest BCUT2D eigenvalue weighted by molar-refractivity contribution is 5.63. The second-order valence-electron chi connectivity index (χ2n) is 3.58. The van der Waals surface area contributed by atoms with Crippen molar-refractivity contribution >= 4 is 0 Å². The van der Waals surface area contributed by atoms with Crippen LogP contribution in [0.5, 0.6) is 5.75 Å². The summed E-state index contributed by atoms with van der Waals surface area (Å²) in [6, 6.07) is 18.5. The molecule has 0 saturated carbocycles. The minimum Gasteiger partial charge on any atom is -0.487 e. The van der Waals surface area contributed by atoms with Gasteiger partial charge in [0.25, 0.3) is 0 Å². The molecule has 1 nitrogen and oxygen atoms in total. The second-order valence-corrected chi connectivity index (χ2v) is 3.58. The molecular formula is C15H15O. The molecule has 2 rings (SSSR count). The van der Waals surface area contributed by atoms with E-state index in [1.54, 1.807) is 6.61 Å². The maximum atomic E-state index is 5.42. The third-order valence-electron chi connectivity index (χ3n) is 2.35. The van der Waals surface area contributed by atoms with Gasteiger partial charge in [0.05, 0.1) is 0 Å². The molecule has 2 aromatic carbocycles. The monoisotopic (exact) mass is 211 g/mol. The summed E-state index contributed by atoms with van der Waals surface area (Å²) in [5, 5.41) is 0. The molecule has 81 valence electrons. The first-order valence-electron chi connectivity index (χ1n) is 5.54. The van der Waals surface area contributed by atoms with E-state index < -0.39 is 0 Å². The van der Waals surface area contributed by atoms with Gasteiger partial charge in [-0.25, -0.2) is 0 Å². The summed E-state index contributed by atoms with van der Waals surface area (Å²) in [6.07, 6.45) is 0.917. The van der Waals surface area contributed by atoms with Crippen molar-refractivity contribution in [3.63, 3.8) is 0 Å². The molecule has 0 amide bonds. The number of hydrogen-bond donors (Lipinski definition) is 0. The normalized spacial score (nSPS) is 10.1. The Morgan fingerprint density at radius 3 is 2.12 bits per heavy atom. The zero-order chi connectivity index (χ0) is 11.2. The first-order valence-corrected chi connectivity index (χ1v) is 5.54. The Morgan fingerprint density at radius 1 is 0.875 bits per heavy atom. The fraction of sp³-hybridized carbons (Fsp3) is 0.133. The van der Waals surface area contributed by atoms with Crippen molar-refractivity contribution in [1.82, 2.24) is 0 Å². The molecule has 0 bridgehead atoms. The van der Waals surface area contributed by atoms with Crippen molar-refractivity contribution in [2.45, 2.75) is 13.3 Å². The molecule has 1 heteroatoms. The highest BCUT2D eigenvalue weighted by atomic mass is 16.5. The van der Waals surface area contributed by atoms with Gasteiger partial charge in [0.2, 0.25) is 0 Å².